The SMILES string of the molecule is CC(CC(C)(C)c1ccccc1)NC(=O)c1ccc(CNC(N)=O)cc1. The van der Waals surface area contributed by atoms with Crippen LogP contribution in [0.3, 0.4) is 0 Å². The second-order valence-electron chi connectivity index (χ2n) is 7.24. The molecule has 0 fully saturated rings. The zero-order chi connectivity index (χ0) is 19.2. The smallest absolute Gasteiger partial charge is 0.312 e. The molecule has 0 aliphatic carbocycles. The number of primary amides is 1. The maximum atomic E-state index is 12.5. The highest BCUT2D eigenvalue weighted by atomic mass is 16.2. The van der Waals surface area contributed by atoms with Crippen LogP contribution in [0.2, 0.25) is 0 Å². The number of hydrogen-bond donors (Lipinski definition) is 3. The average molecular weight is 353 g/mol. The molecule has 0 saturated heterocycles. The molecule has 138 valence electrons. The maximum Gasteiger partial charge on any atom is 0.312 e. The van der Waals surface area contributed by atoms with E-state index in [9.17, 15) is 9.59 Å². The summed E-state index contributed by atoms with van der Waals surface area (Å²) in [5, 5.41) is 5.59. The van der Waals surface area contributed by atoms with E-state index >= 15 is 0 Å². The molecule has 0 spiro atoms. The lowest BCUT2D eigenvalue weighted by Crippen LogP contribution is -2.37. The standard InChI is InChI=1S/C21H27N3O2/c1-15(13-21(2,3)18-7-5-4-6-8-18)24-19(25)17-11-9-16(10-12-17)14-23-20(22)26/h4-12,15H,13-14H2,1-3H3,(H,24,25)(H3,22,23,26). The molecule has 4 N–H and O–H groups in total. The topological polar surface area (TPSA) is 84.2 Å². The molecule has 0 heterocycles. The van der Waals surface area contributed by atoms with Gasteiger partial charge >= 0.3 is 6.03 Å². The van der Waals surface area contributed by atoms with Crippen molar-refractivity contribution in [1.82, 2.24) is 10.6 Å². The van der Waals surface area contributed by atoms with Crippen LogP contribution in [0.4, 0.5) is 4.79 Å². The lowest BCUT2D eigenvalue weighted by Gasteiger charge is -2.29. The van der Waals surface area contributed by atoms with Crippen molar-refractivity contribution in [2.75, 3.05) is 0 Å². The fraction of sp³-hybridized carbons (Fsp3) is 0.333. The Kier molecular flexibility index (Phi) is 6.39. The molecule has 0 aromatic heterocycles. The monoisotopic (exact) mass is 353 g/mol. The zero-order valence-electron chi connectivity index (χ0n) is 15.6. The van der Waals surface area contributed by atoms with Crippen molar-refractivity contribution in [3.8, 4) is 0 Å². The van der Waals surface area contributed by atoms with E-state index in [2.05, 4.69) is 36.6 Å². The van der Waals surface area contributed by atoms with Crippen molar-refractivity contribution in [2.45, 2.75) is 45.2 Å². The Balaban J connectivity index is 1.93. The normalized spacial score (nSPS) is 12.3. The van der Waals surface area contributed by atoms with Gasteiger partial charge in [0.2, 0.25) is 0 Å². The van der Waals surface area contributed by atoms with Gasteiger partial charge in [0.25, 0.3) is 5.91 Å². The van der Waals surface area contributed by atoms with Gasteiger partial charge in [-0.1, -0.05) is 56.3 Å². The van der Waals surface area contributed by atoms with Crippen LogP contribution in [0.5, 0.6) is 0 Å². The van der Waals surface area contributed by atoms with E-state index in [0.717, 1.165) is 12.0 Å². The molecule has 0 aliphatic heterocycles. The number of nitrogens with one attached hydrogen (secondary N) is 2. The van der Waals surface area contributed by atoms with E-state index in [0.29, 0.717) is 12.1 Å². The number of hydrogen-bond acceptors (Lipinski definition) is 2. The molecule has 3 amide bonds. The van der Waals surface area contributed by atoms with Crippen LogP contribution in [0.15, 0.2) is 54.6 Å². The molecular formula is C21H27N3O2. The third-order valence-corrected chi connectivity index (χ3v) is 4.43. The zero-order valence-corrected chi connectivity index (χ0v) is 15.6. The fourth-order valence-corrected chi connectivity index (χ4v) is 3.09. The van der Waals surface area contributed by atoms with Gasteiger partial charge in [-0.3, -0.25) is 4.79 Å². The highest BCUT2D eigenvalue weighted by molar-refractivity contribution is 5.94. The summed E-state index contributed by atoms with van der Waals surface area (Å²) in [7, 11) is 0. The Bertz CT molecular complexity index is 740. The third-order valence-electron chi connectivity index (χ3n) is 4.43. The first-order chi connectivity index (χ1) is 12.3. The highest BCUT2D eigenvalue weighted by Gasteiger charge is 2.24. The molecular weight excluding hydrogens is 326 g/mol. The predicted octanol–water partition coefficient (Wildman–Crippen LogP) is 3.34. The Morgan fingerprint density at radius 2 is 1.65 bits per heavy atom. The van der Waals surface area contributed by atoms with Gasteiger partial charge in [0.15, 0.2) is 0 Å². The van der Waals surface area contributed by atoms with Crippen molar-refractivity contribution in [3.05, 3.63) is 71.3 Å². The van der Waals surface area contributed by atoms with E-state index in [1.165, 1.54) is 5.56 Å². The Labute approximate surface area is 155 Å². The molecule has 1 unspecified atom stereocenters. The van der Waals surface area contributed by atoms with Gasteiger partial charge in [-0.25, -0.2) is 4.79 Å². The van der Waals surface area contributed by atoms with Crippen LogP contribution in [0.1, 0.15) is 48.7 Å². The van der Waals surface area contributed by atoms with Crippen LogP contribution in [0.25, 0.3) is 0 Å². The third kappa shape index (κ3) is 5.62. The van der Waals surface area contributed by atoms with Gasteiger partial charge in [-0.2, -0.15) is 0 Å². The maximum absolute atomic E-state index is 12.5. The van der Waals surface area contributed by atoms with Crippen LogP contribution in [-0.2, 0) is 12.0 Å². The highest BCUT2D eigenvalue weighted by Crippen LogP contribution is 2.28. The summed E-state index contributed by atoms with van der Waals surface area (Å²) >= 11 is 0. The Morgan fingerprint density at radius 3 is 2.23 bits per heavy atom. The summed E-state index contributed by atoms with van der Waals surface area (Å²) in [6.45, 7) is 6.74. The minimum absolute atomic E-state index is 0.0295. The van der Waals surface area contributed by atoms with Crippen molar-refractivity contribution in [2.24, 2.45) is 5.73 Å². The Morgan fingerprint density at radius 1 is 1.04 bits per heavy atom. The second kappa shape index (κ2) is 8.52. The molecule has 5 nitrogen and oxygen atoms in total. The molecule has 0 bridgehead atoms. The van der Waals surface area contributed by atoms with Gasteiger partial charge < -0.3 is 16.4 Å². The van der Waals surface area contributed by atoms with Gasteiger partial charge in [-0.05, 0) is 42.0 Å². The quantitative estimate of drug-likeness (QED) is 0.713. The summed E-state index contributed by atoms with van der Waals surface area (Å²) in [6.07, 6.45) is 0.837. The Hall–Kier alpha value is -2.82. The number of benzene rings is 2. The number of urea groups is 1. The first-order valence-electron chi connectivity index (χ1n) is 8.76. The molecule has 0 saturated carbocycles. The van der Waals surface area contributed by atoms with Crippen molar-refractivity contribution < 1.29 is 9.59 Å². The number of carbonyl (C=O) groups excluding carboxylic acids is 2. The first-order valence-corrected chi connectivity index (χ1v) is 8.76. The second-order valence-corrected chi connectivity index (χ2v) is 7.24. The molecule has 0 aliphatic rings. The molecule has 1 atom stereocenters. The molecule has 5 heteroatoms. The molecule has 26 heavy (non-hydrogen) atoms. The lowest BCUT2D eigenvalue weighted by atomic mass is 9.79. The van der Waals surface area contributed by atoms with Gasteiger partial charge in [0.1, 0.15) is 0 Å². The van der Waals surface area contributed by atoms with Gasteiger partial charge in [0.05, 0.1) is 0 Å². The van der Waals surface area contributed by atoms with E-state index in [4.69, 9.17) is 5.73 Å². The average Bonchev–Trinajstić information content (AvgIpc) is 2.60. The molecule has 2 rings (SSSR count). The molecule has 0 radical (unpaired) electrons. The van der Waals surface area contributed by atoms with E-state index < -0.39 is 6.03 Å². The van der Waals surface area contributed by atoms with Crippen LogP contribution >= 0.6 is 0 Å². The van der Waals surface area contributed by atoms with Crippen LogP contribution in [-0.4, -0.2) is 18.0 Å². The fourth-order valence-electron chi connectivity index (χ4n) is 3.09. The minimum Gasteiger partial charge on any atom is -0.352 e. The summed E-state index contributed by atoms with van der Waals surface area (Å²) in [5.41, 5.74) is 7.76. The predicted molar refractivity (Wildman–Crippen MR) is 104 cm³/mol. The van der Waals surface area contributed by atoms with Crippen molar-refractivity contribution >= 4 is 11.9 Å². The summed E-state index contributed by atoms with van der Waals surface area (Å²) in [4.78, 5) is 23.2. The van der Waals surface area contributed by atoms with Gasteiger partial charge in [0, 0.05) is 18.2 Å². The lowest BCUT2D eigenvalue weighted by molar-refractivity contribution is 0.0934. The summed E-state index contributed by atoms with van der Waals surface area (Å²) < 4.78 is 0. The van der Waals surface area contributed by atoms with Crippen molar-refractivity contribution in [3.63, 3.8) is 0 Å². The molecule has 2 aromatic carbocycles. The number of rotatable bonds is 7. The summed E-state index contributed by atoms with van der Waals surface area (Å²) in [6, 6.07) is 16.9. The van der Waals surface area contributed by atoms with Gasteiger partial charge in [-0.15, -0.1) is 0 Å². The van der Waals surface area contributed by atoms with E-state index in [1.54, 1.807) is 12.1 Å². The van der Waals surface area contributed by atoms with Crippen molar-refractivity contribution in [1.29, 1.82) is 0 Å². The van der Waals surface area contributed by atoms with Crippen LogP contribution in [0, 0.1) is 0 Å². The first kappa shape index (κ1) is 19.5. The van der Waals surface area contributed by atoms with Crippen LogP contribution < -0.4 is 16.4 Å². The largest absolute Gasteiger partial charge is 0.352 e. The molecule has 2 aromatic rings. The van der Waals surface area contributed by atoms with E-state index in [1.807, 2.05) is 37.3 Å². The number of nitrogens with two attached hydrogens (primary N) is 1. The number of carbonyl (C=O) groups is 2. The minimum atomic E-state index is -0.568. The summed E-state index contributed by atoms with van der Waals surface area (Å²) in [5.74, 6) is -0.101. The van der Waals surface area contributed by atoms with E-state index in [-0.39, 0.29) is 17.4 Å². The number of amides is 3.